The van der Waals surface area contributed by atoms with Crippen LogP contribution in [0.4, 0.5) is 11.4 Å². The van der Waals surface area contributed by atoms with E-state index in [2.05, 4.69) is 5.32 Å². The van der Waals surface area contributed by atoms with E-state index in [0.29, 0.717) is 13.1 Å². The van der Waals surface area contributed by atoms with Gasteiger partial charge >= 0.3 is 0 Å². The van der Waals surface area contributed by atoms with Crippen LogP contribution >= 0.6 is 0 Å². The minimum absolute atomic E-state index is 0.0113. The topological polar surface area (TPSA) is 128 Å². The minimum Gasteiger partial charge on any atom is -0.381 e. The number of carbonyl (C=O) groups excluding carboxylic acids is 1. The Kier molecular flexibility index (Phi) is 9.06. The maximum Gasteiger partial charge on any atom is 0.269 e. The fourth-order valence-electron chi connectivity index (χ4n) is 4.01. The van der Waals surface area contributed by atoms with Crippen molar-refractivity contribution in [3.05, 3.63) is 78.9 Å². The quantitative estimate of drug-likeness (QED) is 0.525. The van der Waals surface area contributed by atoms with E-state index in [4.69, 9.17) is 4.74 Å². The maximum atomic E-state index is 11.2. The summed E-state index contributed by atoms with van der Waals surface area (Å²) in [6, 6.07) is 9.93. The van der Waals surface area contributed by atoms with Gasteiger partial charge in [-0.2, -0.15) is 0 Å². The summed E-state index contributed by atoms with van der Waals surface area (Å²) in [6.07, 6.45) is 4.21. The molecule has 0 bridgehead atoms. The van der Waals surface area contributed by atoms with Crippen molar-refractivity contribution in [2.45, 2.75) is 45.7 Å². The third-order valence-corrected chi connectivity index (χ3v) is 5.97. The molecular weight excluding hydrogens is 440 g/mol. The van der Waals surface area contributed by atoms with Crippen molar-refractivity contribution in [3.8, 4) is 0 Å². The second-order valence-corrected chi connectivity index (χ2v) is 8.36. The van der Waals surface area contributed by atoms with Gasteiger partial charge in [0.2, 0.25) is 5.91 Å². The van der Waals surface area contributed by atoms with Crippen LogP contribution in [0, 0.1) is 20.2 Å². The lowest BCUT2D eigenvalue weighted by atomic mass is 9.99. The molecule has 0 radical (unpaired) electrons. The van der Waals surface area contributed by atoms with E-state index in [9.17, 15) is 25.0 Å². The van der Waals surface area contributed by atoms with Crippen LogP contribution in [-0.4, -0.2) is 47.0 Å². The number of hydrogen-bond donors (Lipinski definition) is 1. The van der Waals surface area contributed by atoms with E-state index in [1.54, 1.807) is 29.2 Å². The summed E-state index contributed by atoms with van der Waals surface area (Å²) in [5.41, 5.74) is 4.55. The number of non-ortho nitro benzene ring substituents is 2. The highest BCUT2D eigenvalue weighted by Gasteiger charge is 2.20. The molecule has 1 amide bonds. The highest BCUT2D eigenvalue weighted by molar-refractivity contribution is 5.73. The summed E-state index contributed by atoms with van der Waals surface area (Å²) in [6.45, 7) is 6.43. The molecule has 3 aliphatic rings. The van der Waals surface area contributed by atoms with Gasteiger partial charge in [-0.3, -0.25) is 25.0 Å². The normalized spacial score (nSPS) is 16.1. The first-order valence-corrected chi connectivity index (χ1v) is 11.4. The molecule has 3 heterocycles. The molecule has 1 fully saturated rings. The van der Waals surface area contributed by atoms with Gasteiger partial charge in [-0.05, 0) is 54.5 Å². The van der Waals surface area contributed by atoms with Gasteiger partial charge in [0.1, 0.15) is 0 Å². The number of ether oxygens (including phenoxy) is 1. The molecule has 0 atom stereocenters. The van der Waals surface area contributed by atoms with Crippen molar-refractivity contribution in [1.29, 1.82) is 0 Å². The van der Waals surface area contributed by atoms with Gasteiger partial charge in [0.25, 0.3) is 11.4 Å². The van der Waals surface area contributed by atoms with E-state index in [1.807, 2.05) is 6.07 Å². The van der Waals surface area contributed by atoms with Crippen molar-refractivity contribution in [2.24, 2.45) is 0 Å². The molecule has 1 saturated heterocycles. The molecule has 3 aliphatic heterocycles. The monoisotopic (exact) mass is 470 g/mol. The first-order valence-electron chi connectivity index (χ1n) is 11.4. The van der Waals surface area contributed by atoms with Crippen molar-refractivity contribution in [3.63, 3.8) is 0 Å². The Bertz CT molecular complexity index is 1030. The minimum atomic E-state index is -0.410. The number of nitrogens with one attached hydrogen (secondary N) is 1. The molecule has 182 valence electrons. The third-order valence-electron chi connectivity index (χ3n) is 5.97. The number of carbonyl (C=O) groups is 1. The zero-order chi connectivity index (χ0) is 24.5. The predicted octanol–water partition coefficient (Wildman–Crippen LogP) is 3.54. The van der Waals surface area contributed by atoms with Gasteiger partial charge in [-0.25, -0.2) is 0 Å². The van der Waals surface area contributed by atoms with Crippen LogP contribution in [0.1, 0.15) is 42.0 Å². The summed E-state index contributed by atoms with van der Waals surface area (Å²) < 4.78 is 4.94. The SMILES string of the molecule is C1CCOC1.CC(=O)N1CCc2ccc([N+](=O)[O-])cc2C1.O=[N+]([O-])c1ccc2c(c1)CCNC2. The molecule has 0 aromatic heterocycles. The first kappa shape index (κ1) is 25.3. The van der Waals surface area contributed by atoms with Crippen LogP contribution in [0.3, 0.4) is 0 Å². The number of fused-ring (bicyclic) bond motifs is 2. The molecule has 5 rings (SSSR count). The molecule has 2 aromatic rings. The molecule has 10 heteroatoms. The Labute approximate surface area is 198 Å². The Balaban J connectivity index is 0.000000161. The average molecular weight is 471 g/mol. The van der Waals surface area contributed by atoms with Gasteiger partial charge < -0.3 is 15.0 Å². The zero-order valence-corrected chi connectivity index (χ0v) is 19.3. The van der Waals surface area contributed by atoms with Gasteiger partial charge in [-0.15, -0.1) is 0 Å². The number of hydrogen-bond acceptors (Lipinski definition) is 7. The lowest BCUT2D eigenvalue weighted by molar-refractivity contribution is -0.385. The van der Waals surface area contributed by atoms with Crippen molar-refractivity contribution >= 4 is 17.3 Å². The summed E-state index contributed by atoms with van der Waals surface area (Å²) in [7, 11) is 0. The van der Waals surface area contributed by atoms with Crippen LogP contribution in [0.5, 0.6) is 0 Å². The van der Waals surface area contributed by atoms with Gasteiger partial charge in [0.15, 0.2) is 0 Å². The second-order valence-electron chi connectivity index (χ2n) is 8.36. The Morgan fingerprint density at radius 2 is 1.53 bits per heavy atom. The van der Waals surface area contributed by atoms with Crippen LogP contribution in [0.25, 0.3) is 0 Å². The van der Waals surface area contributed by atoms with Crippen molar-refractivity contribution in [2.75, 3.05) is 26.3 Å². The standard InChI is InChI=1S/C11H12N2O3.C9H10N2O2.C4H8O/c1-8(14)12-5-4-9-2-3-11(13(15)16)6-10(9)7-12;12-11(13)9-2-1-8-6-10-4-3-7(8)5-9;1-2-4-5-3-1/h2-3,6H,4-5,7H2,1H3;1-2,5,10H,3-4,6H2;1-4H2. The van der Waals surface area contributed by atoms with E-state index < -0.39 is 4.92 Å². The second kappa shape index (κ2) is 12.2. The molecule has 2 aromatic carbocycles. The molecular formula is C24H30N4O6. The number of nitro groups is 2. The van der Waals surface area contributed by atoms with Crippen LogP contribution in [0.15, 0.2) is 36.4 Å². The summed E-state index contributed by atoms with van der Waals surface area (Å²) in [5, 5.41) is 24.3. The molecule has 34 heavy (non-hydrogen) atoms. The summed E-state index contributed by atoms with van der Waals surface area (Å²) in [4.78, 5) is 33.3. The molecule has 1 N–H and O–H groups in total. The molecule has 0 saturated carbocycles. The highest BCUT2D eigenvalue weighted by atomic mass is 16.6. The first-order chi connectivity index (χ1) is 16.3. The smallest absolute Gasteiger partial charge is 0.269 e. The summed E-state index contributed by atoms with van der Waals surface area (Å²) in [5.74, 6) is 0.0113. The van der Waals surface area contributed by atoms with E-state index in [1.165, 1.54) is 31.4 Å². The van der Waals surface area contributed by atoms with Crippen molar-refractivity contribution in [1.82, 2.24) is 10.2 Å². The number of amides is 1. The summed E-state index contributed by atoms with van der Waals surface area (Å²) >= 11 is 0. The van der Waals surface area contributed by atoms with E-state index in [-0.39, 0.29) is 22.2 Å². The Morgan fingerprint density at radius 3 is 2.09 bits per heavy atom. The fourth-order valence-corrected chi connectivity index (χ4v) is 4.01. The zero-order valence-electron chi connectivity index (χ0n) is 19.3. The molecule has 0 spiro atoms. The Hall–Kier alpha value is -3.37. The largest absolute Gasteiger partial charge is 0.381 e. The van der Waals surface area contributed by atoms with Gasteiger partial charge in [0, 0.05) is 64.0 Å². The van der Waals surface area contributed by atoms with Crippen LogP contribution in [0.2, 0.25) is 0 Å². The predicted molar refractivity (Wildman–Crippen MR) is 126 cm³/mol. The number of rotatable bonds is 2. The lowest BCUT2D eigenvalue weighted by Crippen LogP contribution is -2.34. The van der Waals surface area contributed by atoms with Gasteiger partial charge in [0.05, 0.1) is 9.85 Å². The molecule has 0 aliphatic carbocycles. The molecule has 0 unspecified atom stereocenters. The average Bonchev–Trinajstić information content (AvgIpc) is 3.43. The lowest BCUT2D eigenvalue weighted by Gasteiger charge is -2.27. The van der Waals surface area contributed by atoms with Crippen molar-refractivity contribution < 1.29 is 19.4 Å². The number of nitro benzene ring substituents is 2. The van der Waals surface area contributed by atoms with Crippen LogP contribution in [-0.2, 0) is 35.5 Å². The number of nitrogens with zero attached hydrogens (tertiary/aromatic N) is 3. The third kappa shape index (κ3) is 7.06. The Morgan fingerprint density at radius 1 is 0.912 bits per heavy atom. The highest BCUT2D eigenvalue weighted by Crippen LogP contribution is 2.24. The molecule has 10 nitrogen and oxygen atoms in total. The van der Waals surface area contributed by atoms with Crippen LogP contribution < -0.4 is 5.32 Å². The van der Waals surface area contributed by atoms with E-state index in [0.717, 1.165) is 55.8 Å². The van der Waals surface area contributed by atoms with Gasteiger partial charge in [-0.1, -0.05) is 12.1 Å². The number of benzene rings is 2. The fraction of sp³-hybridized carbons (Fsp3) is 0.458. The van der Waals surface area contributed by atoms with E-state index >= 15 is 0 Å². The maximum absolute atomic E-state index is 11.2.